The second kappa shape index (κ2) is 7.69. The fraction of sp³-hybridized carbons (Fsp3) is 0.429. The molecule has 6 heteroatoms. The van der Waals surface area contributed by atoms with Crippen molar-refractivity contribution >= 4 is 23.0 Å². The monoisotopic (exact) mass is 295 g/mol. The smallest absolute Gasteiger partial charge is 0.187 e. The highest BCUT2D eigenvalue weighted by Gasteiger charge is 2.08. The molecule has 0 radical (unpaired) electrons. The van der Waals surface area contributed by atoms with Crippen LogP contribution in [0.2, 0.25) is 0 Å². The van der Waals surface area contributed by atoms with E-state index in [0.717, 1.165) is 17.0 Å². The predicted molar refractivity (Wildman–Crippen MR) is 85.8 cm³/mol. The maximum atomic E-state index is 5.34. The lowest BCUT2D eigenvalue weighted by Crippen LogP contribution is -2.37. The van der Waals surface area contributed by atoms with E-state index >= 15 is 0 Å². The van der Waals surface area contributed by atoms with Gasteiger partial charge in [0.05, 0.1) is 19.9 Å². The van der Waals surface area contributed by atoms with Crippen molar-refractivity contribution < 1.29 is 9.47 Å². The van der Waals surface area contributed by atoms with Gasteiger partial charge in [-0.2, -0.15) is 5.10 Å². The maximum absolute atomic E-state index is 5.34. The van der Waals surface area contributed by atoms with E-state index in [-0.39, 0.29) is 6.04 Å². The summed E-state index contributed by atoms with van der Waals surface area (Å²) >= 11 is 5.12. The number of benzene rings is 1. The quantitative estimate of drug-likeness (QED) is 0.496. The van der Waals surface area contributed by atoms with Crippen molar-refractivity contribution in [2.24, 2.45) is 5.10 Å². The molecule has 0 unspecified atom stereocenters. The van der Waals surface area contributed by atoms with Crippen LogP contribution in [-0.4, -0.2) is 31.1 Å². The van der Waals surface area contributed by atoms with Crippen LogP contribution in [0.15, 0.2) is 23.3 Å². The van der Waals surface area contributed by atoms with Crippen LogP contribution in [0.3, 0.4) is 0 Å². The van der Waals surface area contributed by atoms with Gasteiger partial charge in [-0.15, -0.1) is 0 Å². The summed E-state index contributed by atoms with van der Waals surface area (Å²) < 4.78 is 10.5. The largest absolute Gasteiger partial charge is 0.497 e. The molecule has 1 aromatic rings. The van der Waals surface area contributed by atoms with E-state index < -0.39 is 0 Å². The van der Waals surface area contributed by atoms with Crippen LogP contribution in [0.25, 0.3) is 0 Å². The number of thiocarbonyl (C=S) groups is 1. The number of hydrazone groups is 1. The Morgan fingerprint density at radius 2 is 1.95 bits per heavy atom. The second-order valence-corrected chi connectivity index (χ2v) is 4.91. The average Bonchev–Trinajstić information content (AvgIpc) is 2.43. The molecule has 5 nitrogen and oxygen atoms in total. The van der Waals surface area contributed by atoms with Gasteiger partial charge in [0.1, 0.15) is 11.5 Å². The number of nitrogens with zero attached hydrogens (tertiary/aromatic N) is 1. The molecule has 0 saturated heterocycles. The second-order valence-electron chi connectivity index (χ2n) is 4.50. The molecule has 1 rings (SSSR count). The van der Waals surface area contributed by atoms with Crippen molar-refractivity contribution in [3.63, 3.8) is 0 Å². The summed E-state index contributed by atoms with van der Waals surface area (Å²) in [4.78, 5) is 0. The van der Waals surface area contributed by atoms with Gasteiger partial charge in [0.15, 0.2) is 5.11 Å². The van der Waals surface area contributed by atoms with E-state index in [0.29, 0.717) is 10.9 Å². The Labute approximate surface area is 125 Å². The summed E-state index contributed by atoms with van der Waals surface area (Å²) in [5.41, 5.74) is 4.47. The minimum absolute atomic E-state index is 0.265. The molecule has 0 atom stereocenters. The Hall–Kier alpha value is -1.82. The van der Waals surface area contributed by atoms with Crippen LogP contribution in [0.1, 0.15) is 26.3 Å². The first-order chi connectivity index (χ1) is 9.47. The summed E-state index contributed by atoms with van der Waals surface area (Å²) in [6.45, 7) is 5.91. The lowest BCUT2D eigenvalue weighted by Gasteiger charge is -2.12. The Balaban J connectivity index is 2.85. The normalized spacial score (nSPS) is 11.2. The third-order valence-electron chi connectivity index (χ3n) is 2.54. The molecule has 20 heavy (non-hydrogen) atoms. The first kappa shape index (κ1) is 16.2. The molecule has 0 aromatic heterocycles. The Bertz CT molecular complexity index is 501. The molecular formula is C14H21N3O2S. The summed E-state index contributed by atoms with van der Waals surface area (Å²) in [6, 6.07) is 5.85. The number of rotatable bonds is 5. The molecule has 0 aliphatic rings. The number of hydrogen-bond donors (Lipinski definition) is 2. The number of ether oxygens (including phenoxy) is 2. The van der Waals surface area contributed by atoms with Crippen molar-refractivity contribution in [2.75, 3.05) is 14.2 Å². The van der Waals surface area contributed by atoms with E-state index in [9.17, 15) is 0 Å². The number of hydrogen-bond acceptors (Lipinski definition) is 4. The Morgan fingerprint density at radius 3 is 2.50 bits per heavy atom. The minimum Gasteiger partial charge on any atom is -0.497 e. The van der Waals surface area contributed by atoms with Gasteiger partial charge in [-0.05, 0) is 45.1 Å². The molecule has 0 spiro atoms. The molecule has 0 amide bonds. The van der Waals surface area contributed by atoms with E-state index in [2.05, 4.69) is 15.8 Å². The molecule has 0 aliphatic heterocycles. The molecule has 0 bridgehead atoms. The number of methoxy groups -OCH3 is 2. The average molecular weight is 295 g/mol. The van der Waals surface area contributed by atoms with Crippen LogP contribution in [0, 0.1) is 0 Å². The van der Waals surface area contributed by atoms with Gasteiger partial charge in [-0.1, -0.05) is 0 Å². The van der Waals surface area contributed by atoms with Crippen molar-refractivity contribution in [2.45, 2.75) is 26.8 Å². The van der Waals surface area contributed by atoms with Crippen molar-refractivity contribution in [3.8, 4) is 11.5 Å². The van der Waals surface area contributed by atoms with Crippen molar-refractivity contribution in [1.82, 2.24) is 10.7 Å². The lowest BCUT2D eigenvalue weighted by atomic mass is 10.1. The zero-order valence-corrected chi connectivity index (χ0v) is 13.3. The Morgan fingerprint density at radius 1 is 1.25 bits per heavy atom. The van der Waals surface area contributed by atoms with Crippen molar-refractivity contribution in [3.05, 3.63) is 23.8 Å². The predicted octanol–water partition coefficient (Wildman–Crippen LogP) is 2.30. The third kappa shape index (κ3) is 4.70. The van der Waals surface area contributed by atoms with Crippen LogP contribution in [-0.2, 0) is 0 Å². The highest BCUT2D eigenvalue weighted by Crippen LogP contribution is 2.24. The van der Waals surface area contributed by atoms with Crippen LogP contribution >= 0.6 is 12.2 Å². The molecular weight excluding hydrogens is 274 g/mol. The molecule has 1 aromatic carbocycles. The van der Waals surface area contributed by atoms with Gasteiger partial charge in [0, 0.05) is 17.7 Å². The van der Waals surface area contributed by atoms with Gasteiger partial charge < -0.3 is 14.8 Å². The zero-order valence-electron chi connectivity index (χ0n) is 12.5. The fourth-order valence-electron chi connectivity index (χ4n) is 1.59. The maximum Gasteiger partial charge on any atom is 0.187 e. The molecule has 110 valence electrons. The van der Waals surface area contributed by atoms with Gasteiger partial charge in [-0.25, -0.2) is 0 Å². The van der Waals surface area contributed by atoms with E-state index in [1.165, 1.54) is 0 Å². The van der Waals surface area contributed by atoms with Crippen LogP contribution in [0.4, 0.5) is 0 Å². The minimum atomic E-state index is 0.265. The topological polar surface area (TPSA) is 54.9 Å². The van der Waals surface area contributed by atoms with Crippen LogP contribution < -0.4 is 20.2 Å². The first-order valence-electron chi connectivity index (χ1n) is 6.31. The van der Waals surface area contributed by atoms with E-state index in [4.69, 9.17) is 21.7 Å². The summed E-state index contributed by atoms with van der Waals surface area (Å²) in [6.07, 6.45) is 0. The van der Waals surface area contributed by atoms with E-state index in [1.54, 1.807) is 14.2 Å². The van der Waals surface area contributed by atoms with Gasteiger partial charge >= 0.3 is 0 Å². The fourth-order valence-corrected chi connectivity index (χ4v) is 1.87. The van der Waals surface area contributed by atoms with Gasteiger partial charge in [-0.3, -0.25) is 5.43 Å². The molecule has 2 N–H and O–H groups in total. The zero-order chi connectivity index (χ0) is 15.1. The van der Waals surface area contributed by atoms with Gasteiger partial charge in [0.2, 0.25) is 0 Å². The highest BCUT2D eigenvalue weighted by atomic mass is 32.1. The summed E-state index contributed by atoms with van der Waals surface area (Å²) in [7, 11) is 3.23. The Kier molecular flexibility index (Phi) is 6.24. The van der Waals surface area contributed by atoms with Crippen molar-refractivity contribution in [1.29, 1.82) is 0 Å². The van der Waals surface area contributed by atoms with Gasteiger partial charge in [0.25, 0.3) is 0 Å². The number of nitrogens with one attached hydrogen (secondary N) is 2. The first-order valence-corrected chi connectivity index (χ1v) is 6.72. The lowest BCUT2D eigenvalue weighted by molar-refractivity contribution is 0.394. The summed E-state index contributed by atoms with van der Waals surface area (Å²) in [5.74, 6) is 1.44. The highest BCUT2D eigenvalue weighted by molar-refractivity contribution is 7.80. The standard InChI is InChI=1S/C14H21N3O2S/c1-9(2)15-14(20)17-16-10(3)12-7-6-11(18-4)8-13(12)19-5/h6-9H,1-5H3,(H2,15,17,20)/b16-10+. The SMILES string of the molecule is COc1ccc(/C(C)=N/NC(=S)NC(C)C)c(OC)c1. The van der Waals surface area contributed by atoms with E-state index in [1.807, 2.05) is 39.0 Å². The third-order valence-corrected chi connectivity index (χ3v) is 2.75. The molecule has 0 heterocycles. The molecule has 0 aliphatic carbocycles. The molecule has 0 fully saturated rings. The van der Waals surface area contributed by atoms with Crippen LogP contribution in [0.5, 0.6) is 11.5 Å². The summed E-state index contributed by atoms with van der Waals surface area (Å²) in [5, 5.41) is 7.80. The molecule has 0 saturated carbocycles.